The van der Waals surface area contributed by atoms with Gasteiger partial charge in [0.1, 0.15) is 0 Å². The Hall–Kier alpha value is -0.950. The van der Waals surface area contributed by atoms with Gasteiger partial charge in [-0.25, -0.2) is 13.1 Å². The monoisotopic (exact) mass is 311 g/mol. The van der Waals surface area contributed by atoms with E-state index in [9.17, 15) is 8.42 Å². The third-order valence-electron chi connectivity index (χ3n) is 4.60. The van der Waals surface area contributed by atoms with Crippen LogP contribution in [-0.2, 0) is 16.6 Å². The van der Waals surface area contributed by atoms with Gasteiger partial charge in [-0.1, -0.05) is 12.1 Å². The van der Waals surface area contributed by atoms with Crippen LogP contribution in [0.4, 0.5) is 0 Å². The summed E-state index contributed by atoms with van der Waals surface area (Å²) in [5, 5.41) is 0. The molecule has 0 atom stereocenters. The topological polar surface area (TPSA) is 75.4 Å². The number of hydrogen-bond donors (Lipinski definition) is 2. The molecule has 0 unspecified atom stereocenters. The van der Waals surface area contributed by atoms with Crippen molar-refractivity contribution in [2.24, 2.45) is 5.73 Å². The average Bonchev–Trinajstić information content (AvgIpc) is 2.37. The number of nitrogens with one attached hydrogen (secondary N) is 1. The van der Waals surface area contributed by atoms with Gasteiger partial charge in [0.05, 0.1) is 4.90 Å². The summed E-state index contributed by atoms with van der Waals surface area (Å²) in [5.74, 6) is 0. The Bertz CT molecular complexity index is 607. The van der Waals surface area contributed by atoms with E-state index in [1.54, 1.807) is 13.0 Å². The van der Waals surface area contributed by atoms with Gasteiger partial charge >= 0.3 is 0 Å². The summed E-state index contributed by atoms with van der Waals surface area (Å²) in [6.45, 7) is 2.60. The standard InChI is InChI=1S/C15H25N3O2S/c1-12-5-6-13(10-16)9-14(12)21(19,20)17-11-15(18(2)3)7-4-8-15/h5-6,9,17H,4,7-8,10-11,16H2,1-3H3. The number of nitrogens with two attached hydrogens (primary N) is 1. The van der Waals surface area contributed by atoms with Crippen LogP contribution < -0.4 is 10.5 Å². The van der Waals surface area contributed by atoms with Gasteiger partial charge in [0.15, 0.2) is 0 Å². The Labute approximate surface area is 127 Å². The molecule has 0 bridgehead atoms. The minimum atomic E-state index is -3.50. The fourth-order valence-corrected chi connectivity index (χ4v) is 4.15. The Kier molecular flexibility index (Phi) is 4.72. The first kappa shape index (κ1) is 16.4. The number of hydrogen-bond acceptors (Lipinski definition) is 4. The Morgan fingerprint density at radius 1 is 1.33 bits per heavy atom. The predicted molar refractivity (Wildman–Crippen MR) is 84.5 cm³/mol. The van der Waals surface area contributed by atoms with Crippen molar-refractivity contribution < 1.29 is 8.42 Å². The van der Waals surface area contributed by atoms with Gasteiger partial charge in [0.25, 0.3) is 0 Å². The summed E-state index contributed by atoms with van der Waals surface area (Å²) in [7, 11) is 0.517. The molecule has 118 valence electrons. The Morgan fingerprint density at radius 3 is 2.48 bits per heavy atom. The van der Waals surface area contributed by atoms with E-state index in [1.807, 2.05) is 26.2 Å². The zero-order chi connectivity index (χ0) is 15.7. The number of aryl methyl sites for hydroxylation is 1. The van der Waals surface area contributed by atoms with E-state index in [1.165, 1.54) is 0 Å². The molecular weight excluding hydrogens is 286 g/mol. The second-order valence-electron chi connectivity index (χ2n) is 6.10. The first-order chi connectivity index (χ1) is 9.81. The van der Waals surface area contributed by atoms with Crippen molar-refractivity contribution in [1.29, 1.82) is 0 Å². The SMILES string of the molecule is Cc1ccc(CN)cc1S(=O)(=O)NCC1(N(C)C)CCC1. The number of likely N-dealkylation sites (N-methyl/N-ethyl adjacent to an activating group) is 1. The van der Waals surface area contributed by atoms with Crippen molar-refractivity contribution in [3.63, 3.8) is 0 Å². The highest BCUT2D eigenvalue weighted by Gasteiger charge is 2.39. The quantitative estimate of drug-likeness (QED) is 0.828. The van der Waals surface area contributed by atoms with Gasteiger partial charge in [-0.15, -0.1) is 0 Å². The third-order valence-corrected chi connectivity index (χ3v) is 6.15. The highest BCUT2D eigenvalue weighted by molar-refractivity contribution is 7.89. The molecule has 21 heavy (non-hydrogen) atoms. The molecule has 0 saturated heterocycles. The lowest BCUT2D eigenvalue weighted by atomic mass is 9.76. The first-order valence-corrected chi connectivity index (χ1v) is 8.76. The fraction of sp³-hybridized carbons (Fsp3) is 0.600. The maximum Gasteiger partial charge on any atom is 0.240 e. The molecule has 0 heterocycles. The molecule has 1 aliphatic carbocycles. The van der Waals surface area contributed by atoms with Gasteiger partial charge < -0.3 is 10.6 Å². The molecule has 1 fully saturated rings. The molecule has 2 rings (SSSR count). The number of rotatable bonds is 6. The van der Waals surface area contributed by atoms with E-state index in [4.69, 9.17) is 5.73 Å². The second-order valence-corrected chi connectivity index (χ2v) is 7.84. The number of sulfonamides is 1. The predicted octanol–water partition coefficient (Wildman–Crippen LogP) is 1.22. The molecule has 1 aromatic rings. The van der Waals surface area contributed by atoms with Crippen molar-refractivity contribution in [1.82, 2.24) is 9.62 Å². The van der Waals surface area contributed by atoms with Crippen molar-refractivity contribution in [3.8, 4) is 0 Å². The zero-order valence-electron chi connectivity index (χ0n) is 13.0. The lowest BCUT2D eigenvalue weighted by molar-refractivity contribution is 0.0657. The molecule has 0 radical (unpaired) electrons. The maximum atomic E-state index is 12.6. The molecule has 0 amide bonds. The highest BCUT2D eigenvalue weighted by atomic mass is 32.2. The molecule has 5 nitrogen and oxygen atoms in total. The van der Waals surface area contributed by atoms with E-state index < -0.39 is 10.0 Å². The van der Waals surface area contributed by atoms with E-state index >= 15 is 0 Å². The van der Waals surface area contributed by atoms with Gasteiger partial charge in [0.2, 0.25) is 10.0 Å². The van der Waals surface area contributed by atoms with Crippen molar-refractivity contribution in [2.45, 2.75) is 43.2 Å². The molecule has 6 heteroatoms. The Morgan fingerprint density at radius 2 is 2.00 bits per heavy atom. The Balaban J connectivity index is 2.19. The lowest BCUT2D eigenvalue weighted by Crippen LogP contribution is -2.57. The second kappa shape index (κ2) is 6.04. The van der Waals surface area contributed by atoms with Crippen LogP contribution in [0.5, 0.6) is 0 Å². The van der Waals surface area contributed by atoms with E-state index in [0.29, 0.717) is 18.0 Å². The molecule has 0 aliphatic heterocycles. The van der Waals surface area contributed by atoms with Crippen LogP contribution in [0.15, 0.2) is 23.1 Å². The zero-order valence-corrected chi connectivity index (χ0v) is 13.8. The minimum absolute atomic E-state index is 0.0353. The normalized spacial score (nSPS) is 17.8. The molecule has 1 aromatic carbocycles. The summed E-state index contributed by atoms with van der Waals surface area (Å²) >= 11 is 0. The average molecular weight is 311 g/mol. The molecule has 0 aromatic heterocycles. The van der Waals surface area contributed by atoms with Crippen molar-refractivity contribution in [3.05, 3.63) is 29.3 Å². The molecule has 3 N–H and O–H groups in total. The molecule has 0 spiro atoms. The number of benzene rings is 1. The minimum Gasteiger partial charge on any atom is -0.326 e. The van der Waals surface area contributed by atoms with Crippen molar-refractivity contribution >= 4 is 10.0 Å². The van der Waals surface area contributed by atoms with Gasteiger partial charge in [-0.3, -0.25) is 0 Å². The maximum absolute atomic E-state index is 12.6. The van der Waals surface area contributed by atoms with Crippen molar-refractivity contribution in [2.75, 3.05) is 20.6 Å². The summed E-state index contributed by atoms with van der Waals surface area (Å²) in [5.41, 5.74) is 7.14. The molecule has 1 aliphatic rings. The summed E-state index contributed by atoms with van der Waals surface area (Å²) < 4.78 is 27.9. The van der Waals surface area contributed by atoms with Crippen LogP contribution in [0.25, 0.3) is 0 Å². The van der Waals surface area contributed by atoms with E-state index in [-0.39, 0.29) is 5.54 Å². The van der Waals surface area contributed by atoms with Crippen LogP contribution in [0.2, 0.25) is 0 Å². The first-order valence-electron chi connectivity index (χ1n) is 7.27. The van der Waals surface area contributed by atoms with Gasteiger partial charge in [-0.05, 0) is 57.5 Å². The fourth-order valence-electron chi connectivity index (χ4n) is 2.74. The van der Waals surface area contributed by atoms with Gasteiger partial charge in [-0.2, -0.15) is 0 Å². The van der Waals surface area contributed by atoms with E-state index in [0.717, 1.165) is 30.4 Å². The van der Waals surface area contributed by atoms with E-state index in [2.05, 4.69) is 9.62 Å². The number of nitrogens with zero attached hydrogens (tertiary/aromatic N) is 1. The summed E-state index contributed by atoms with van der Waals surface area (Å²) in [4.78, 5) is 2.46. The highest BCUT2D eigenvalue weighted by Crippen LogP contribution is 2.35. The van der Waals surface area contributed by atoms with Crippen LogP contribution in [0, 0.1) is 6.92 Å². The van der Waals surface area contributed by atoms with Crippen LogP contribution in [0.3, 0.4) is 0 Å². The summed E-state index contributed by atoms with van der Waals surface area (Å²) in [6, 6.07) is 5.34. The van der Waals surface area contributed by atoms with Crippen LogP contribution in [0.1, 0.15) is 30.4 Å². The largest absolute Gasteiger partial charge is 0.326 e. The molecule has 1 saturated carbocycles. The van der Waals surface area contributed by atoms with Crippen LogP contribution >= 0.6 is 0 Å². The molecular formula is C15H25N3O2S. The lowest BCUT2D eigenvalue weighted by Gasteiger charge is -2.47. The van der Waals surface area contributed by atoms with Gasteiger partial charge in [0, 0.05) is 18.6 Å². The summed E-state index contributed by atoms with van der Waals surface area (Å²) in [6.07, 6.45) is 3.22. The third kappa shape index (κ3) is 3.29. The smallest absolute Gasteiger partial charge is 0.240 e. The van der Waals surface area contributed by atoms with Crippen LogP contribution in [-0.4, -0.2) is 39.5 Å².